The number of fused-ring (bicyclic) bond motifs is 5. The molecular weight excluding hydrogens is 374 g/mol. The summed E-state index contributed by atoms with van der Waals surface area (Å²) in [7, 11) is 0. The molecular formula is C26H37NO3. The highest BCUT2D eigenvalue weighted by Crippen LogP contribution is 2.67. The Bertz CT molecular complexity index is 791. The van der Waals surface area contributed by atoms with E-state index in [0.717, 1.165) is 50.2 Å². The minimum atomic E-state index is -0.708. The molecule has 4 rings (SSSR count). The van der Waals surface area contributed by atoms with Gasteiger partial charge in [0.25, 0.3) is 0 Å². The van der Waals surface area contributed by atoms with Crippen LogP contribution in [0.25, 0.3) is 0 Å². The minimum absolute atomic E-state index is 0.0534. The molecule has 0 bridgehead atoms. The van der Waals surface area contributed by atoms with E-state index >= 15 is 0 Å². The van der Waals surface area contributed by atoms with Crippen molar-refractivity contribution in [2.75, 3.05) is 0 Å². The van der Waals surface area contributed by atoms with Crippen LogP contribution in [0.1, 0.15) is 85.5 Å². The van der Waals surface area contributed by atoms with Gasteiger partial charge in [0.2, 0.25) is 0 Å². The molecule has 0 radical (unpaired) electrons. The fourth-order valence-corrected chi connectivity index (χ4v) is 7.62. The first-order valence-corrected chi connectivity index (χ1v) is 12.0. The predicted octanol–water partition coefficient (Wildman–Crippen LogP) is 5.67. The third kappa shape index (κ3) is 3.29. The first-order valence-electron chi connectivity index (χ1n) is 12.0. The molecule has 0 aromatic carbocycles. The maximum atomic E-state index is 11.9. The summed E-state index contributed by atoms with van der Waals surface area (Å²) < 4.78 is 5.94. The van der Waals surface area contributed by atoms with Crippen molar-refractivity contribution in [3.8, 4) is 12.3 Å². The molecule has 0 amide bonds. The van der Waals surface area contributed by atoms with Crippen LogP contribution in [0.5, 0.6) is 0 Å². The van der Waals surface area contributed by atoms with Crippen molar-refractivity contribution < 1.29 is 14.4 Å². The average Bonchev–Trinajstić information content (AvgIpc) is 3.06. The second kappa shape index (κ2) is 8.06. The Morgan fingerprint density at radius 2 is 2.03 bits per heavy atom. The summed E-state index contributed by atoms with van der Waals surface area (Å²) in [6.07, 6.45) is 18.3. The van der Waals surface area contributed by atoms with Crippen molar-refractivity contribution in [2.45, 2.75) is 97.2 Å². The molecule has 3 fully saturated rings. The van der Waals surface area contributed by atoms with E-state index in [1.807, 2.05) is 13.8 Å². The molecule has 0 spiro atoms. The zero-order chi connectivity index (χ0) is 21.5. The lowest BCUT2D eigenvalue weighted by Gasteiger charge is -2.56. The highest BCUT2D eigenvalue weighted by molar-refractivity contribution is 5.96. The molecule has 0 aliphatic heterocycles. The first kappa shape index (κ1) is 21.5. The second-order valence-corrected chi connectivity index (χ2v) is 10.2. The van der Waals surface area contributed by atoms with E-state index < -0.39 is 5.60 Å². The lowest BCUT2D eigenvalue weighted by Crippen LogP contribution is -2.55. The SMILES string of the molecule is C#C[C@]1(OC(C)=O)CC[C@H]2[C@@H]3CCC4=C/C(=N/OC(C)C)CC[C@@H]4[C@H]3CC[C@@]21CC. The van der Waals surface area contributed by atoms with E-state index in [2.05, 4.69) is 24.1 Å². The number of carbonyl (C=O) groups excluding carboxylic acids is 1. The Hall–Kier alpha value is -1.76. The summed E-state index contributed by atoms with van der Waals surface area (Å²) in [5.41, 5.74) is 1.93. The van der Waals surface area contributed by atoms with Crippen LogP contribution in [-0.2, 0) is 14.4 Å². The number of hydrogen-bond donors (Lipinski definition) is 0. The summed E-state index contributed by atoms with van der Waals surface area (Å²) in [5.74, 6) is 5.42. The van der Waals surface area contributed by atoms with Gasteiger partial charge in [0, 0.05) is 12.3 Å². The number of carbonyl (C=O) groups is 1. The van der Waals surface area contributed by atoms with E-state index in [1.54, 1.807) is 5.57 Å². The zero-order valence-electron chi connectivity index (χ0n) is 19.1. The Balaban J connectivity index is 1.58. The highest BCUT2D eigenvalue weighted by Gasteiger charge is 2.65. The predicted molar refractivity (Wildman–Crippen MR) is 119 cm³/mol. The fourth-order valence-electron chi connectivity index (χ4n) is 7.62. The molecule has 0 heterocycles. The number of ether oxygens (including phenoxy) is 1. The van der Waals surface area contributed by atoms with Gasteiger partial charge in [-0.15, -0.1) is 6.42 Å². The molecule has 30 heavy (non-hydrogen) atoms. The molecule has 4 aliphatic carbocycles. The molecule has 6 atom stereocenters. The van der Waals surface area contributed by atoms with Crippen molar-refractivity contribution in [2.24, 2.45) is 34.2 Å². The summed E-state index contributed by atoms with van der Waals surface area (Å²) in [6, 6.07) is 0. The van der Waals surface area contributed by atoms with Gasteiger partial charge in [-0.3, -0.25) is 4.79 Å². The molecule has 4 aliphatic rings. The second-order valence-electron chi connectivity index (χ2n) is 10.2. The van der Waals surface area contributed by atoms with Crippen molar-refractivity contribution in [1.29, 1.82) is 0 Å². The fraction of sp³-hybridized carbons (Fsp3) is 0.769. The first-order chi connectivity index (χ1) is 14.4. The molecule has 0 aromatic heterocycles. The molecule has 3 saturated carbocycles. The summed E-state index contributed by atoms with van der Waals surface area (Å²) in [4.78, 5) is 17.4. The zero-order valence-corrected chi connectivity index (χ0v) is 19.1. The third-order valence-corrected chi connectivity index (χ3v) is 8.70. The smallest absolute Gasteiger partial charge is 0.304 e. The standard InChI is InChI=1S/C26H37NO3/c1-6-25-14-12-22-21-11-9-20(27-30-17(3)4)16-19(21)8-10-23(22)24(25)13-15-26(25,7-2)29-18(5)28/h2,16-17,21-24H,6,8-15H2,1,3-5H3/b27-20+/t21-,22+,23+,24-,25-,26-/m0/s1. The number of allylic oxidation sites excluding steroid dienone is 2. The largest absolute Gasteiger partial charge is 0.445 e. The Morgan fingerprint density at radius 3 is 2.70 bits per heavy atom. The molecule has 4 nitrogen and oxygen atoms in total. The molecule has 0 N–H and O–H groups in total. The molecule has 164 valence electrons. The Labute approximate surface area is 181 Å². The Kier molecular flexibility index (Phi) is 5.77. The van der Waals surface area contributed by atoms with Crippen molar-refractivity contribution in [1.82, 2.24) is 0 Å². The van der Waals surface area contributed by atoms with E-state index in [1.165, 1.54) is 26.2 Å². The number of terminal acetylenes is 1. The van der Waals surface area contributed by atoms with E-state index in [4.69, 9.17) is 16.0 Å². The number of esters is 1. The van der Waals surface area contributed by atoms with Crippen LogP contribution in [0.4, 0.5) is 0 Å². The van der Waals surface area contributed by atoms with E-state index in [-0.39, 0.29) is 17.5 Å². The van der Waals surface area contributed by atoms with Gasteiger partial charge < -0.3 is 9.57 Å². The van der Waals surface area contributed by atoms with Crippen LogP contribution in [-0.4, -0.2) is 23.4 Å². The van der Waals surface area contributed by atoms with Gasteiger partial charge in [0.1, 0.15) is 6.10 Å². The molecule has 0 saturated heterocycles. The number of hydrogen-bond acceptors (Lipinski definition) is 4. The third-order valence-electron chi connectivity index (χ3n) is 8.70. The van der Waals surface area contributed by atoms with Crippen molar-refractivity contribution >= 4 is 11.7 Å². The van der Waals surface area contributed by atoms with Gasteiger partial charge in [-0.05, 0) is 101 Å². The summed E-state index contributed by atoms with van der Waals surface area (Å²) >= 11 is 0. The lowest BCUT2D eigenvalue weighted by atomic mass is 9.49. The quantitative estimate of drug-likeness (QED) is 0.340. The van der Waals surface area contributed by atoms with Crippen molar-refractivity contribution in [3.05, 3.63) is 11.6 Å². The van der Waals surface area contributed by atoms with Gasteiger partial charge in [-0.2, -0.15) is 0 Å². The van der Waals surface area contributed by atoms with Gasteiger partial charge in [0.15, 0.2) is 5.60 Å². The van der Waals surface area contributed by atoms with Crippen LogP contribution >= 0.6 is 0 Å². The lowest BCUT2D eigenvalue weighted by molar-refractivity contribution is -0.170. The topological polar surface area (TPSA) is 47.9 Å². The van der Waals surface area contributed by atoms with Crippen molar-refractivity contribution in [3.63, 3.8) is 0 Å². The maximum Gasteiger partial charge on any atom is 0.304 e. The van der Waals surface area contributed by atoms with Gasteiger partial charge >= 0.3 is 5.97 Å². The van der Waals surface area contributed by atoms with Gasteiger partial charge in [-0.25, -0.2) is 0 Å². The number of oxime groups is 1. The normalized spacial score (nSPS) is 41.3. The van der Waals surface area contributed by atoms with Gasteiger partial charge in [0.05, 0.1) is 5.71 Å². The summed E-state index contributed by atoms with van der Waals surface area (Å²) in [6.45, 7) is 7.79. The van der Waals surface area contributed by atoms with Crippen LogP contribution in [0.2, 0.25) is 0 Å². The molecule has 0 aromatic rings. The molecule has 0 unspecified atom stereocenters. The van der Waals surface area contributed by atoms with E-state index in [9.17, 15) is 4.79 Å². The van der Waals surface area contributed by atoms with E-state index in [0.29, 0.717) is 17.8 Å². The van der Waals surface area contributed by atoms with Crippen LogP contribution in [0, 0.1) is 41.4 Å². The number of nitrogens with zero attached hydrogens (tertiary/aromatic N) is 1. The monoisotopic (exact) mass is 411 g/mol. The Morgan fingerprint density at radius 1 is 1.23 bits per heavy atom. The molecule has 4 heteroatoms. The highest BCUT2D eigenvalue weighted by atomic mass is 16.6. The number of rotatable bonds is 4. The minimum Gasteiger partial charge on any atom is -0.445 e. The van der Waals surface area contributed by atoms with Crippen LogP contribution in [0.3, 0.4) is 0 Å². The van der Waals surface area contributed by atoms with Gasteiger partial charge in [-0.1, -0.05) is 23.6 Å². The summed E-state index contributed by atoms with van der Waals surface area (Å²) in [5, 5.41) is 4.38. The van der Waals surface area contributed by atoms with Crippen LogP contribution < -0.4 is 0 Å². The average molecular weight is 412 g/mol. The maximum absolute atomic E-state index is 11.9. The van der Waals surface area contributed by atoms with Crippen LogP contribution in [0.15, 0.2) is 16.8 Å².